The SMILES string of the molecule is Cc1cc(C)n(C(=O)[C@H]2C[C@]3(CCc4ccccc43)[C@]2(C)c2ccccc2)n1. The summed E-state index contributed by atoms with van der Waals surface area (Å²) in [6, 6.07) is 21.4. The van der Waals surface area contributed by atoms with Gasteiger partial charge in [0, 0.05) is 16.5 Å². The van der Waals surface area contributed by atoms with Crippen LogP contribution in [-0.4, -0.2) is 15.7 Å². The van der Waals surface area contributed by atoms with Crippen molar-refractivity contribution >= 4 is 5.91 Å². The number of aromatic nitrogens is 2. The molecule has 3 atom stereocenters. The molecule has 2 aliphatic carbocycles. The Morgan fingerprint density at radius 1 is 1.07 bits per heavy atom. The van der Waals surface area contributed by atoms with Crippen molar-refractivity contribution < 1.29 is 4.79 Å². The minimum Gasteiger partial charge on any atom is -0.272 e. The van der Waals surface area contributed by atoms with E-state index in [2.05, 4.69) is 66.6 Å². The Labute approximate surface area is 166 Å². The molecule has 1 spiro atoms. The average Bonchev–Trinajstić information content (AvgIpc) is 3.27. The van der Waals surface area contributed by atoms with Crippen molar-refractivity contribution in [2.45, 2.75) is 50.9 Å². The van der Waals surface area contributed by atoms with Gasteiger partial charge in [0.2, 0.25) is 0 Å². The fourth-order valence-electron chi connectivity index (χ4n) is 6.00. The zero-order valence-corrected chi connectivity index (χ0v) is 16.8. The molecule has 0 N–H and O–H groups in total. The van der Waals surface area contributed by atoms with Gasteiger partial charge in [-0.2, -0.15) is 5.10 Å². The number of carbonyl (C=O) groups excluding carboxylic acids is 1. The zero-order valence-electron chi connectivity index (χ0n) is 16.8. The third-order valence-corrected chi connectivity index (χ3v) is 7.49. The molecule has 2 aliphatic rings. The number of hydrogen-bond donors (Lipinski definition) is 0. The van der Waals surface area contributed by atoms with Gasteiger partial charge in [-0.1, -0.05) is 61.5 Å². The van der Waals surface area contributed by atoms with Gasteiger partial charge >= 0.3 is 0 Å². The van der Waals surface area contributed by atoms with E-state index in [4.69, 9.17) is 0 Å². The highest BCUT2D eigenvalue weighted by Crippen LogP contribution is 2.67. The van der Waals surface area contributed by atoms with Gasteiger partial charge in [0.15, 0.2) is 0 Å². The van der Waals surface area contributed by atoms with Crippen LogP contribution < -0.4 is 0 Å². The number of nitrogens with zero attached hydrogens (tertiary/aromatic N) is 2. The first kappa shape index (κ1) is 17.4. The van der Waals surface area contributed by atoms with E-state index < -0.39 is 0 Å². The lowest BCUT2D eigenvalue weighted by molar-refractivity contribution is 0.000689. The fraction of sp³-hybridized carbons (Fsp3) is 0.360. The summed E-state index contributed by atoms with van der Waals surface area (Å²) >= 11 is 0. The Morgan fingerprint density at radius 3 is 2.50 bits per heavy atom. The number of rotatable bonds is 2. The lowest BCUT2D eigenvalue weighted by atomic mass is 9.40. The second kappa shape index (κ2) is 5.91. The van der Waals surface area contributed by atoms with E-state index in [-0.39, 0.29) is 22.7 Å². The lowest BCUT2D eigenvalue weighted by Gasteiger charge is -2.62. The van der Waals surface area contributed by atoms with Gasteiger partial charge < -0.3 is 0 Å². The maximum absolute atomic E-state index is 13.6. The summed E-state index contributed by atoms with van der Waals surface area (Å²) in [4.78, 5) is 13.6. The zero-order chi connectivity index (χ0) is 19.5. The Kier molecular flexibility index (Phi) is 3.67. The van der Waals surface area contributed by atoms with Gasteiger partial charge in [0.1, 0.15) is 0 Å². The van der Waals surface area contributed by atoms with Crippen molar-refractivity contribution in [1.82, 2.24) is 9.78 Å². The number of aryl methyl sites for hydroxylation is 3. The Bertz CT molecular complexity index is 1070. The summed E-state index contributed by atoms with van der Waals surface area (Å²) < 4.78 is 1.63. The standard InChI is InChI=1S/C25H26N2O/c1-17-15-18(2)27(26-17)23(28)22-16-25(14-13-19-9-7-8-12-21(19)25)24(22,3)20-10-5-4-6-11-20/h4-12,15,22H,13-14,16H2,1-3H3/t22-,24-,25+/m1/s1. The molecule has 0 aliphatic heterocycles. The van der Waals surface area contributed by atoms with Gasteiger partial charge in [-0.15, -0.1) is 0 Å². The first-order chi connectivity index (χ1) is 13.5. The molecule has 0 amide bonds. The smallest absolute Gasteiger partial charge is 0.251 e. The number of fused-ring (bicyclic) bond motifs is 2. The minimum absolute atomic E-state index is 0.0291. The van der Waals surface area contributed by atoms with E-state index in [1.54, 1.807) is 4.68 Å². The monoisotopic (exact) mass is 370 g/mol. The number of benzene rings is 2. The highest BCUT2D eigenvalue weighted by molar-refractivity contribution is 5.86. The van der Waals surface area contributed by atoms with Gasteiger partial charge in [0.25, 0.3) is 5.91 Å². The summed E-state index contributed by atoms with van der Waals surface area (Å²) in [6.07, 6.45) is 3.10. The first-order valence-electron chi connectivity index (χ1n) is 10.2. The number of carbonyl (C=O) groups is 1. The quantitative estimate of drug-likeness (QED) is 0.636. The van der Waals surface area contributed by atoms with Crippen LogP contribution in [0, 0.1) is 19.8 Å². The molecular weight excluding hydrogens is 344 g/mol. The average molecular weight is 370 g/mol. The molecule has 2 aromatic carbocycles. The van der Waals surface area contributed by atoms with Crippen LogP contribution in [0.4, 0.5) is 0 Å². The first-order valence-corrected chi connectivity index (χ1v) is 10.2. The van der Waals surface area contributed by atoms with Crippen LogP contribution in [-0.2, 0) is 17.3 Å². The Morgan fingerprint density at radius 2 is 1.79 bits per heavy atom. The molecule has 1 aromatic heterocycles. The number of hydrogen-bond acceptors (Lipinski definition) is 2. The van der Waals surface area contributed by atoms with Crippen molar-refractivity contribution in [2.24, 2.45) is 5.92 Å². The summed E-state index contributed by atoms with van der Waals surface area (Å²) in [7, 11) is 0. The Hall–Kier alpha value is -2.68. The molecular formula is C25H26N2O. The molecule has 0 unspecified atom stereocenters. The largest absolute Gasteiger partial charge is 0.272 e. The third kappa shape index (κ3) is 2.10. The molecule has 0 saturated heterocycles. The van der Waals surface area contributed by atoms with Gasteiger partial charge in [-0.05, 0) is 55.9 Å². The third-order valence-electron chi connectivity index (χ3n) is 7.49. The second-order valence-electron chi connectivity index (χ2n) is 8.74. The minimum atomic E-state index is -0.232. The summed E-state index contributed by atoms with van der Waals surface area (Å²) in [5, 5.41) is 4.50. The van der Waals surface area contributed by atoms with Crippen LogP contribution in [0.3, 0.4) is 0 Å². The summed E-state index contributed by atoms with van der Waals surface area (Å²) in [5.74, 6) is 0.0611. The summed E-state index contributed by atoms with van der Waals surface area (Å²) in [6.45, 7) is 6.22. The molecule has 1 saturated carbocycles. The van der Waals surface area contributed by atoms with E-state index in [0.29, 0.717) is 0 Å². The van der Waals surface area contributed by atoms with Gasteiger partial charge in [-0.3, -0.25) is 4.79 Å². The molecule has 28 heavy (non-hydrogen) atoms. The predicted molar refractivity (Wildman–Crippen MR) is 111 cm³/mol. The molecule has 1 fully saturated rings. The van der Waals surface area contributed by atoms with Crippen LogP contribution in [0.15, 0.2) is 60.7 Å². The molecule has 142 valence electrons. The fourth-order valence-corrected chi connectivity index (χ4v) is 6.00. The molecule has 0 radical (unpaired) electrons. The Balaban J connectivity index is 1.65. The second-order valence-corrected chi connectivity index (χ2v) is 8.74. The van der Waals surface area contributed by atoms with E-state index in [9.17, 15) is 4.79 Å². The molecule has 3 heteroatoms. The summed E-state index contributed by atoms with van der Waals surface area (Å²) in [5.41, 5.74) is 5.77. The highest BCUT2D eigenvalue weighted by Gasteiger charge is 2.67. The van der Waals surface area contributed by atoms with Crippen LogP contribution in [0.5, 0.6) is 0 Å². The van der Waals surface area contributed by atoms with Crippen LogP contribution in [0.1, 0.15) is 52.6 Å². The topological polar surface area (TPSA) is 34.9 Å². The highest BCUT2D eigenvalue weighted by atomic mass is 16.2. The predicted octanol–water partition coefficient (Wildman–Crippen LogP) is 5.00. The maximum Gasteiger partial charge on any atom is 0.251 e. The van der Waals surface area contributed by atoms with Crippen molar-refractivity contribution in [1.29, 1.82) is 0 Å². The molecule has 0 bridgehead atoms. The molecule has 5 rings (SSSR count). The van der Waals surface area contributed by atoms with E-state index >= 15 is 0 Å². The molecule has 1 heterocycles. The van der Waals surface area contributed by atoms with Gasteiger partial charge in [-0.25, -0.2) is 4.68 Å². The van der Waals surface area contributed by atoms with Crippen molar-refractivity contribution in [3.63, 3.8) is 0 Å². The van der Waals surface area contributed by atoms with Crippen molar-refractivity contribution in [3.8, 4) is 0 Å². The molecule has 3 aromatic rings. The van der Waals surface area contributed by atoms with Crippen molar-refractivity contribution in [3.05, 3.63) is 88.7 Å². The normalized spacial score (nSPS) is 28.2. The maximum atomic E-state index is 13.6. The van der Waals surface area contributed by atoms with Crippen LogP contribution in [0.2, 0.25) is 0 Å². The van der Waals surface area contributed by atoms with Crippen LogP contribution in [0.25, 0.3) is 0 Å². The van der Waals surface area contributed by atoms with Gasteiger partial charge in [0.05, 0.1) is 11.6 Å². The lowest BCUT2D eigenvalue weighted by Crippen LogP contribution is -2.65. The van der Waals surface area contributed by atoms with E-state index in [1.165, 1.54) is 16.7 Å². The van der Waals surface area contributed by atoms with Crippen LogP contribution >= 0.6 is 0 Å². The van der Waals surface area contributed by atoms with E-state index in [0.717, 1.165) is 30.7 Å². The van der Waals surface area contributed by atoms with Crippen molar-refractivity contribution in [2.75, 3.05) is 0 Å². The van der Waals surface area contributed by atoms with E-state index in [1.807, 2.05) is 19.9 Å². The molecule has 3 nitrogen and oxygen atoms in total.